The van der Waals surface area contributed by atoms with Crippen LogP contribution in [0.3, 0.4) is 0 Å². The van der Waals surface area contributed by atoms with Gasteiger partial charge in [-0.25, -0.2) is 4.57 Å². The quantitative estimate of drug-likeness (QED) is 0.0243. The highest BCUT2D eigenvalue weighted by Gasteiger charge is 2.28. The van der Waals surface area contributed by atoms with Crippen molar-refractivity contribution in [3.8, 4) is 0 Å². The second-order valence-corrected chi connectivity index (χ2v) is 22.8. The number of hydrogen-bond donors (Lipinski definition) is 3. The van der Waals surface area contributed by atoms with Gasteiger partial charge in [-0.05, 0) is 83.5 Å². The van der Waals surface area contributed by atoms with Crippen LogP contribution < -0.4 is 5.32 Å². The van der Waals surface area contributed by atoms with Gasteiger partial charge in [0.15, 0.2) is 0 Å². The number of aliphatic hydroxyl groups is 1. The van der Waals surface area contributed by atoms with E-state index in [1.807, 2.05) is 21.1 Å². The predicted octanol–water partition coefficient (Wildman–Crippen LogP) is 18.8. The van der Waals surface area contributed by atoms with Crippen molar-refractivity contribution in [2.24, 2.45) is 0 Å². The number of quaternary nitrogens is 1. The fraction of sp³-hybridized carbons (Fsp3) is 0.708. The Hall–Kier alpha value is -2.84. The zero-order valence-electron chi connectivity index (χ0n) is 48.5. The number of phosphoric ester groups is 1. The van der Waals surface area contributed by atoms with Crippen molar-refractivity contribution in [2.75, 3.05) is 40.9 Å². The van der Waals surface area contributed by atoms with E-state index in [4.69, 9.17) is 9.05 Å². The van der Waals surface area contributed by atoms with Gasteiger partial charge in [0.05, 0.1) is 39.9 Å². The van der Waals surface area contributed by atoms with Gasteiger partial charge >= 0.3 is 7.82 Å². The summed E-state index contributed by atoms with van der Waals surface area (Å²) < 4.78 is 23.8. The van der Waals surface area contributed by atoms with E-state index in [1.54, 1.807) is 0 Å². The summed E-state index contributed by atoms with van der Waals surface area (Å²) in [6, 6.07) is -0.788. The minimum atomic E-state index is -4.34. The molecule has 0 aromatic heterocycles. The van der Waals surface area contributed by atoms with Gasteiger partial charge in [-0.3, -0.25) is 13.8 Å². The maximum Gasteiger partial charge on any atom is 0.472 e. The molecule has 0 fully saturated rings. The van der Waals surface area contributed by atoms with Crippen LogP contribution in [-0.4, -0.2) is 73.4 Å². The summed E-state index contributed by atoms with van der Waals surface area (Å²) in [6.45, 7) is 4.76. The molecule has 0 bridgehead atoms. The Labute approximate surface area is 457 Å². The Morgan fingerprint density at radius 3 is 1.18 bits per heavy atom. The number of aliphatic hydroxyl groups excluding tert-OH is 1. The van der Waals surface area contributed by atoms with Gasteiger partial charge in [0.2, 0.25) is 5.91 Å². The van der Waals surface area contributed by atoms with Crippen molar-refractivity contribution in [3.05, 3.63) is 109 Å². The summed E-state index contributed by atoms with van der Waals surface area (Å²) in [5.41, 5.74) is 0. The van der Waals surface area contributed by atoms with Crippen molar-refractivity contribution >= 4 is 13.7 Å². The number of phosphoric acid groups is 1. The molecule has 3 N–H and O–H groups in total. The highest BCUT2D eigenvalue weighted by Crippen LogP contribution is 2.43. The number of likely N-dealkylation sites (N-methyl/N-ethyl adjacent to an activating group) is 1. The Bertz CT molecular complexity index is 1570. The molecule has 0 saturated heterocycles. The lowest BCUT2D eigenvalue weighted by atomic mass is 10.0. The smallest absolute Gasteiger partial charge is 0.391 e. The highest BCUT2D eigenvalue weighted by molar-refractivity contribution is 7.47. The first kappa shape index (κ1) is 71.2. The van der Waals surface area contributed by atoms with Gasteiger partial charge < -0.3 is 19.8 Å². The maximum absolute atomic E-state index is 13.0. The lowest BCUT2D eigenvalue weighted by Crippen LogP contribution is -2.46. The average Bonchev–Trinajstić information content (AvgIpc) is 3.36. The topological polar surface area (TPSA) is 105 Å². The Morgan fingerprint density at radius 1 is 0.473 bits per heavy atom. The Kier molecular flexibility index (Phi) is 52.8. The number of allylic oxidation sites excluding steroid dienone is 18. The SMILES string of the molecule is CC/C=C\C/C=C\C/C=C\C/C=C\C/C=C\C/C=C\C/C=C\C/C=C\C/C=C\CCCCCC(=O)NC(COP(=O)(O)OCC[N+](C)(C)C)C(O)CCCCCCCCCCCCCCCCCCCCCCC. The largest absolute Gasteiger partial charge is 0.472 e. The van der Waals surface area contributed by atoms with Gasteiger partial charge in [-0.1, -0.05) is 264 Å². The number of rotatable bonds is 54. The van der Waals surface area contributed by atoms with E-state index in [9.17, 15) is 19.4 Å². The van der Waals surface area contributed by atoms with Crippen LogP contribution in [0.1, 0.15) is 245 Å². The van der Waals surface area contributed by atoms with Crippen LogP contribution in [0.25, 0.3) is 0 Å². The Morgan fingerprint density at radius 2 is 0.811 bits per heavy atom. The summed E-state index contributed by atoms with van der Waals surface area (Å²) in [5.74, 6) is -0.178. The third-order valence-corrected chi connectivity index (χ3v) is 14.0. The molecule has 74 heavy (non-hydrogen) atoms. The summed E-state index contributed by atoms with van der Waals surface area (Å²) in [7, 11) is 1.58. The normalized spacial score (nSPS) is 14.6. The van der Waals surface area contributed by atoms with E-state index in [2.05, 4.69) is 129 Å². The summed E-state index contributed by atoms with van der Waals surface area (Å²) >= 11 is 0. The summed E-state index contributed by atoms with van der Waals surface area (Å²) in [6.07, 6.45) is 80.1. The molecule has 0 radical (unpaired) electrons. The number of amides is 1. The van der Waals surface area contributed by atoms with Crippen LogP contribution in [0.15, 0.2) is 109 Å². The van der Waals surface area contributed by atoms with Gasteiger partial charge in [0.1, 0.15) is 13.2 Å². The third kappa shape index (κ3) is 56.9. The molecule has 0 rings (SSSR count). The van der Waals surface area contributed by atoms with Gasteiger partial charge in [0.25, 0.3) is 0 Å². The summed E-state index contributed by atoms with van der Waals surface area (Å²) in [4.78, 5) is 23.4. The van der Waals surface area contributed by atoms with E-state index in [1.165, 1.54) is 116 Å². The molecule has 0 aromatic carbocycles. The molecule has 0 saturated carbocycles. The first-order chi connectivity index (χ1) is 36.0. The molecule has 0 aromatic rings. The van der Waals surface area contributed by atoms with Crippen LogP contribution in [0.5, 0.6) is 0 Å². The summed E-state index contributed by atoms with van der Waals surface area (Å²) in [5, 5.41) is 14.1. The van der Waals surface area contributed by atoms with Crippen molar-refractivity contribution in [2.45, 2.75) is 257 Å². The number of nitrogens with one attached hydrogen (secondary N) is 1. The monoisotopic (exact) mass is 1050 g/mol. The lowest BCUT2D eigenvalue weighted by Gasteiger charge is -2.26. The number of carbonyl (C=O) groups is 1. The number of nitrogens with zero attached hydrogens (tertiary/aromatic N) is 1. The van der Waals surface area contributed by atoms with Crippen molar-refractivity contribution < 1.29 is 32.9 Å². The molecule has 0 aliphatic carbocycles. The van der Waals surface area contributed by atoms with E-state index in [0.717, 1.165) is 103 Å². The molecular formula is C65H116N2O6P+. The first-order valence-electron chi connectivity index (χ1n) is 30.3. The zero-order chi connectivity index (χ0) is 54.2. The van der Waals surface area contributed by atoms with E-state index >= 15 is 0 Å². The van der Waals surface area contributed by atoms with Crippen LogP contribution in [0.4, 0.5) is 0 Å². The molecule has 0 aliphatic heterocycles. The molecule has 0 aliphatic rings. The van der Waals surface area contributed by atoms with E-state index in [0.29, 0.717) is 23.9 Å². The van der Waals surface area contributed by atoms with Crippen LogP contribution in [0.2, 0.25) is 0 Å². The van der Waals surface area contributed by atoms with Gasteiger partial charge in [-0.2, -0.15) is 0 Å². The molecule has 8 nitrogen and oxygen atoms in total. The second-order valence-electron chi connectivity index (χ2n) is 21.3. The number of unbranched alkanes of at least 4 members (excludes halogenated alkanes) is 23. The molecule has 9 heteroatoms. The first-order valence-corrected chi connectivity index (χ1v) is 31.7. The molecule has 1 amide bonds. The van der Waals surface area contributed by atoms with E-state index in [-0.39, 0.29) is 19.1 Å². The highest BCUT2D eigenvalue weighted by atomic mass is 31.2. The van der Waals surface area contributed by atoms with Crippen LogP contribution in [0, 0.1) is 0 Å². The predicted molar refractivity (Wildman–Crippen MR) is 322 cm³/mol. The number of hydrogen-bond acceptors (Lipinski definition) is 5. The van der Waals surface area contributed by atoms with Crippen molar-refractivity contribution in [3.63, 3.8) is 0 Å². The lowest BCUT2D eigenvalue weighted by molar-refractivity contribution is -0.870. The van der Waals surface area contributed by atoms with Gasteiger partial charge in [0, 0.05) is 6.42 Å². The standard InChI is InChI=1S/C65H115N2O6P/c1-6-8-10-12-14-16-18-20-22-24-26-28-29-30-31-32-33-34-35-36-37-39-41-43-45-47-49-51-53-55-57-59-65(69)66-63(62-73-74(70,71)72-61-60-67(3,4)5)64(68)58-56-54-52-50-48-46-44-42-40-38-27-25-23-21-19-17-15-13-11-9-7-2/h8,10,14,16,20,22,26,28,30-31,33-34,36-37,41,43,47,49,63-64,68H,6-7,9,11-13,15,17-19,21,23-25,27,29,32,35,38-40,42,44-46,48,50-62H2,1-5H3,(H-,66,69,70,71)/p+1/b10-8-,16-14-,22-20-,28-26-,31-30-,34-33-,37-36-,43-41-,49-47-. The molecule has 0 heterocycles. The fourth-order valence-electron chi connectivity index (χ4n) is 8.33. The minimum absolute atomic E-state index is 0.0621. The molecule has 426 valence electrons. The molecule has 3 unspecified atom stereocenters. The minimum Gasteiger partial charge on any atom is -0.391 e. The zero-order valence-corrected chi connectivity index (χ0v) is 49.4. The van der Waals surface area contributed by atoms with E-state index < -0.39 is 20.0 Å². The third-order valence-electron chi connectivity index (χ3n) is 13.0. The number of carbonyl (C=O) groups excluding carboxylic acids is 1. The van der Waals surface area contributed by atoms with Gasteiger partial charge in [-0.15, -0.1) is 0 Å². The van der Waals surface area contributed by atoms with Crippen LogP contribution >= 0.6 is 7.82 Å². The van der Waals surface area contributed by atoms with Crippen LogP contribution in [-0.2, 0) is 18.4 Å². The Balaban J connectivity index is 4.27. The second kappa shape index (κ2) is 54.9. The molecular weight excluding hydrogens is 936 g/mol. The molecule has 3 atom stereocenters. The average molecular weight is 1050 g/mol. The fourth-order valence-corrected chi connectivity index (χ4v) is 9.07. The maximum atomic E-state index is 13.0. The van der Waals surface area contributed by atoms with Crippen molar-refractivity contribution in [1.82, 2.24) is 5.32 Å². The van der Waals surface area contributed by atoms with Crippen molar-refractivity contribution in [1.29, 1.82) is 0 Å². The molecule has 0 spiro atoms.